The van der Waals surface area contributed by atoms with E-state index < -0.39 is 0 Å². The molecule has 2 atom stereocenters. The molecule has 4 rings (SSSR count). The minimum atomic E-state index is -0.368. The van der Waals surface area contributed by atoms with E-state index in [-0.39, 0.29) is 17.4 Å². The lowest BCUT2D eigenvalue weighted by Crippen LogP contribution is -2.50. The lowest BCUT2D eigenvalue weighted by Gasteiger charge is -2.49. The van der Waals surface area contributed by atoms with Gasteiger partial charge in [-0.15, -0.1) is 0 Å². The van der Waals surface area contributed by atoms with Crippen molar-refractivity contribution in [2.45, 2.75) is 45.6 Å². The van der Waals surface area contributed by atoms with Gasteiger partial charge >= 0.3 is 6.03 Å². The molecule has 7 heteroatoms. The van der Waals surface area contributed by atoms with Crippen molar-refractivity contribution >= 4 is 40.8 Å². The average Bonchev–Trinajstić information content (AvgIpc) is 2.77. The largest absolute Gasteiger partial charge is 0.338 e. The van der Waals surface area contributed by atoms with E-state index in [4.69, 9.17) is 23.2 Å². The van der Waals surface area contributed by atoms with E-state index in [1.54, 1.807) is 24.3 Å². The molecule has 5 nitrogen and oxygen atoms in total. The molecule has 1 aliphatic carbocycles. The number of carbonyl (C=O) groups excluding carboxylic acids is 2. The predicted octanol–water partition coefficient (Wildman–Crippen LogP) is 6.36. The molecule has 170 valence electrons. The molecule has 1 saturated carbocycles. The van der Waals surface area contributed by atoms with Gasteiger partial charge in [0.1, 0.15) is 0 Å². The quantitative estimate of drug-likeness (QED) is 0.542. The first-order valence-electron chi connectivity index (χ1n) is 11.2. The normalized spacial score (nSPS) is 22.7. The maximum atomic E-state index is 13.2. The Hall–Kier alpha value is -2.24. The summed E-state index contributed by atoms with van der Waals surface area (Å²) in [7, 11) is 0. The van der Waals surface area contributed by atoms with Crippen LogP contribution in [-0.2, 0) is 6.54 Å². The fourth-order valence-corrected chi connectivity index (χ4v) is 5.57. The minimum absolute atomic E-state index is 0.0324. The molecular formula is C25H29Cl2N3O2. The number of amides is 3. The van der Waals surface area contributed by atoms with Gasteiger partial charge in [-0.25, -0.2) is 4.79 Å². The highest BCUT2D eigenvalue weighted by molar-refractivity contribution is 6.34. The van der Waals surface area contributed by atoms with Gasteiger partial charge in [-0.05, 0) is 60.4 Å². The number of benzene rings is 2. The van der Waals surface area contributed by atoms with E-state index in [1.165, 1.54) is 25.7 Å². The molecule has 0 bridgehead atoms. The summed E-state index contributed by atoms with van der Waals surface area (Å²) in [5.41, 5.74) is 2.05. The number of anilines is 1. The van der Waals surface area contributed by atoms with E-state index in [2.05, 4.69) is 17.6 Å². The first kappa shape index (κ1) is 22.9. The van der Waals surface area contributed by atoms with Crippen molar-refractivity contribution in [2.24, 2.45) is 11.3 Å². The van der Waals surface area contributed by atoms with Crippen LogP contribution in [-0.4, -0.2) is 29.9 Å². The summed E-state index contributed by atoms with van der Waals surface area (Å²) >= 11 is 12.6. The van der Waals surface area contributed by atoms with Crippen LogP contribution < -0.4 is 10.6 Å². The predicted molar refractivity (Wildman–Crippen MR) is 129 cm³/mol. The monoisotopic (exact) mass is 473 g/mol. The second-order valence-corrected chi connectivity index (χ2v) is 10.0. The summed E-state index contributed by atoms with van der Waals surface area (Å²) in [5, 5.41) is 6.48. The Balaban J connectivity index is 1.37. The van der Waals surface area contributed by atoms with Crippen molar-refractivity contribution in [2.75, 3.05) is 18.4 Å². The van der Waals surface area contributed by atoms with E-state index in [0.29, 0.717) is 33.8 Å². The number of hydrogen-bond acceptors (Lipinski definition) is 2. The van der Waals surface area contributed by atoms with Crippen molar-refractivity contribution in [3.63, 3.8) is 0 Å². The molecule has 0 radical (unpaired) electrons. The van der Waals surface area contributed by atoms with Crippen LogP contribution in [0.4, 0.5) is 10.5 Å². The Kier molecular flexibility index (Phi) is 6.96. The zero-order chi connectivity index (χ0) is 22.7. The first-order chi connectivity index (χ1) is 15.4. The number of hydrogen-bond donors (Lipinski definition) is 2. The molecule has 2 fully saturated rings. The number of urea groups is 1. The number of nitrogens with one attached hydrogen (secondary N) is 2. The minimum Gasteiger partial charge on any atom is -0.338 e. The molecule has 2 N–H and O–H groups in total. The van der Waals surface area contributed by atoms with Gasteiger partial charge < -0.3 is 15.5 Å². The van der Waals surface area contributed by atoms with Crippen LogP contribution >= 0.6 is 23.2 Å². The van der Waals surface area contributed by atoms with Crippen LogP contribution in [0.1, 0.15) is 54.9 Å². The van der Waals surface area contributed by atoms with Crippen LogP contribution in [0.25, 0.3) is 0 Å². The smallest absolute Gasteiger partial charge is 0.319 e. The summed E-state index contributed by atoms with van der Waals surface area (Å²) in [6, 6.07) is 12.0. The number of carbonyl (C=O) groups is 2. The fourth-order valence-electron chi connectivity index (χ4n) is 5.10. The van der Waals surface area contributed by atoms with Crippen LogP contribution in [0.15, 0.2) is 42.5 Å². The average molecular weight is 474 g/mol. The second kappa shape index (κ2) is 9.72. The highest BCUT2D eigenvalue weighted by Crippen LogP contribution is 2.46. The van der Waals surface area contributed by atoms with Crippen LogP contribution in [0.5, 0.6) is 0 Å². The molecule has 0 aromatic heterocycles. The van der Waals surface area contributed by atoms with Gasteiger partial charge in [0, 0.05) is 30.3 Å². The molecular weight excluding hydrogens is 445 g/mol. The Morgan fingerprint density at radius 1 is 1.09 bits per heavy atom. The lowest BCUT2D eigenvalue weighted by molar-refractivity contribution is 0.00982. The SMILES string of the molecule is CC12CCCCC1CCN(C(=O)c1ccc(NC(=O)NCc3ccccc3Cl)cc1Cl)C2. The summed E-state index contributed by atoms with van der Waals surface area (Å²) in [6.07, 6.45) is 6.07. The first-order valence-corrected chi connectivity index (χ1v) is 12.0. The summed E-state index contributed by atoms with van der Waals surface area (Å²) < 4.78 is 0. The highest BCUT2D eigenvalue weighted by atomic mass is 35.5. The standard InChI is InChI=1S/C25H29Cl2N3O2/c1-25-12-5-4-7-18(25)11-13-30(16-25)23(31)20-10-9-19(14-22(20)27)29-24(32)28-15-17-6-2-3-8-21(17)26/h2-3,6,8-10,14,18H,4-5,7,11-13,15-16H2,1H3,(H2,28,29,32). The fraction of sp³-hybridized carbons (Fsp3) is 0.440. The van der Waals surface area contributed by atoms with Gasteiger partial charge in [0.25, 0.3) is 5.91 Å². The van der Waals surface area contributed by atoms with Gasteiger partial charge in [0.2, 0.25) is 0 Å². The highest BCUT2D eigenvalue weighted by Gasteiger charge is 2.42. The van der Waals surface area contributed by atoms with Crippen molar-refractivity contribution in [3.05, 3.63) is 63.6 Å². The lowest BCUT2D eigenvalue weighted by atomic mass is 9.64. The number of likely N-dealkylation sites (tertiary alicyclic amines) is 1. The number of piperidine rings is 1. The van der Waals surface area contributed by atoms with Crippen molar-refractivity contribution in [3.8, 4) is 0 Å². The van der Waals surface area contributed by atoms with Crippen molar-refractivity contribution in [1.29, 1.82) is 0 Å². The number of nitrogens with zero attached hydrogens (tertiary/aromatic N) is 1. The summed E-state index contributed by atoms with van der Waals surface area (Å²) in [6.45, 7) is 4.20. The van der Waals surface area contributed by atoms with Crippen LogP contribution in [0.2, 0.25) is 10.0 Å². The molecule has 1 saturated heterocycles. The maximum absolute atomic E-state index is 13.2. The Morgan fingerprint density at radius 2 is 1.91 bits per heavy atom. The molecule has 2 aromatic rings. The molecule has 2 aromatic carbocycles. The third kappa shape index (κ3) is 5.05. The summed E-state index contributed by atoms with van der Waals surface area (Å²) in [4.78, 5) is 27.4. The molecule has 2 unspecified atom stereocenters. The number of rotatable bonds is 4. The van der Waals surface area contributed by atoms with Gasteiger partial charge in [0.05, 0.1) is 10.6 Å². The molecule has 32 heavy (non-hydrogen) atoms. The van der Waals surface area contributed by atoms with Gasteiger partial charge in [-0.1, -0.05) is 61.2 Å². The molecule has 2 aliphatic rings. The van der Waals surface area contributed by atoms with Gasteiger partial charge in [-0.2, -0.15) is 0 Å². The Labute approximate surface area is 199 Å². The van der Waals surface area contributed by atoms with Crippen molar-refractivity contribution in [1.82, 2.24) is 10.2 Å². The Bertz CT molecular complexity index is 1010. The van der Waals surface area contributed by atoms with E-state index in [9.17, 15) is 9.59 Å². The molecule has 0 spiro atoms. The maximum Gasteiger partial charge on any atom is 0.319 e. The van der Waals surface area contributed by atoms with E-state index in [1.807, 2.05) is 23.1 Å². The zero-order valence-electron chi connectivity index (χ0n) is 18.3. The number of halogens is 2. The summed E-state index contributed by atoms with van der Waals surface area (Å²) in [5.74, 6) is 0.682. The third-order valence-electron chi connectivity index (χ3n) is 6.98. The molecule has 1 aliphatic heterocycles. The van der Waals surface area contributed by atoms with Crippen LogP contribution in [0, 0.1) is 11.3 Å². The van der Waals surface area contributed by atoms with Gasteiger partial charge in [-0.3, -0.25) is 4.79 Å². The second-order valence-electron chi connectivity index (χ2n) is 9.21. The molecule has 1 heterocycles. The molecule has 3 amide bonds. The van der Waals surface area contributed by atoms with Gasteiger partial charge in [0.15, 0.2) is 0 Å². The van der Waals surface area contributed by atoms with E-state index >= 15 is 0 Å². The van der Waals surface area contributed by atoms with Crippen LogP contribution in [0.3, 0.4) is 0 Å². The topological polar surface area (TPSA) is 61.4 Å². The zero-order valence-corrected chi connectivity index (χ0v) is 19.8. The third-order valence-corrected chi connectivity index (χ3v) is 7.66. The van der Waals surface area contributed by atoms with Crippen molar-refractivity contribution < 1.29 is 9.59 Å². The van der Waals surface area contributed by atoms with E-state index in [0.717, 1.165) is 25.1 Å². The number of fused-ring (bicyclic) bond motifs is 1. The Morgan fingerprint density at radius 3 is 2.69 bits per heavy atom.